The van der Waals surface area contributed by atoms with Crippen molar-refractivity contribution in [2.45, 2.75) is 20.5 Å². The molecule has 2 rings (SSSR count). The highest BCUT2D eigenvalue weighted by atomic mass is 16.6. The summed E-state index contributed by atoms with van der Waals surface area (Å²) in [6.45, 7) is 4.09. The van der Waals surface area contributed by atoms with Crippen LogP contribution in [0.3, 0.4) is 0 Å². The van der Waals surface area contributed by atoms with Crippen LogP contribution in [0.15, 0.2) is 40.8 Å². The van der Waals surface area contributed by atoms with Gasteiger partial charge in [-0.1, -0.05) is 23.8 Å². The summed E-state index contributed by atoms with van der Waals surface area (Å²) in [5.74, 6) is -0.696. The van der Waals surface area contributed by atoms with Gasteiger partial charge in [-0.3, -0.25) is 10.1 Å². The number of carbonyl (C=O) groups is 1. The number of ether oxygens (including phenoxy) is 1. The Morgan fingerprint density at radius 1 is 1.32 bits per heavy atom. The molecule has 0 bridgehead atoms. The number of nitrogens with zero attached hydrogens (tertiary/aromatic N) is 1. The van der Waals surface area contributed by atoms with Gasteiger partial charge in [0, 0.05) is 6.08 Å². The Bertz CT molecular complexity index is 730. The van der Waals surface area contributed by atoms with Crippen molar-refractivity contribution in [3.63, 3.8) is 0 Å². The number of nitro groups is 1. The molecular weight excluding hydrogens is 286 g/mol. The Hall–Kier alpha value is -2.89. The van der Waals surface area contributed by atoms with Gasteiger partial charge in [-0.2, -0.15) is 0 Å². The van der Waals surface area contributed by atoms with E-state index in [1.807, 2.05) is 32.0 Å². The highest BCUT2D eigenvalue weighted by molar-refractivity contribution is 5.86. The molecule has 0 saturated heterocycles. The molecule has 0 amide bonds. The first-order valence-electron chi connectivity index (χ1n) is 6.61. The molecule has 0 aliphatic carbocycles. The quantitative estimate of drug-likeness (QED) is 0.365. The summed E-state index contributed by atoms with van der Waals surface area (Å²) in [6.07, 6.45) is 2.51. The van der Waals surface area contributed by atoms with Gasteiger partial charge in [-0.15, -0.1) is 0 Å². The van der Waals surface area contributed by atoms with Crippen LogP contribution in [0.2, 0.25) is 0 Å². The van der Waals surface area contributed by atoms with Crippen LogP contribution in [0, 0.1) is 24.0 Å². The number of hydrogen-bond acceptors (Lipinski definition) is 5. The number of rotatable bonds is 5. The molecule has 0 N–H and O–H groups in total. The van der Waals surface area contributed by atoms with Crippen LogP contribution in [0.4, 0.5) is 5.88 Å². The van der Waals surface area contributed by atoms with Crippen molar-refractivity contribution >= 4 is 17.9 Å². The molecule has 2 aromatic rings. The highest BCUT2D eigenvalue weighted by Gasteiger charge is 2.10. The summed E-state index contributed by atoms with van der Waals surface area (Å²) in [7, 11) is 0. The Morgan fingerprint density at radius 2 is 2.09 bits per heavy atom. The second-order valence-corrected chi connectivity index (χ2v) is 4.80. The van der Waals surface area contributed by atoms with Crippen LogP contribution in [-0.4, -0.2) is 10.9 Å². The zero-order valence-corrected chi connectivity index (χ0v) is 12.2. The minimum Gasteiger partial charge on any atom is -0.458 e. The maximum atomic E-state index is 11.6. The lowest BCUT2D eigenvalue weighted by atomic mass is 10.1. The summed E-state index contributed by atoms with van der Waals surface area (Å²) in [5.41, 5.74) is 3.08. The van der Waals surface area contributed by atoms with Gasteiger partial charge in [0.05, 0.1) is 6.07 Å². The van der Waals surface area contributed by atoms with Gasteiger partial charge < -0.3 is 9.15 Å². The molecule has 1 aromatic heterocycles. The normalized spacial score (nSPS) is 10.8. The number of esters is 1. The number of furan rings is 1. The molecule has 0 fully saturated rings. The molecule has 114 valence electrons. The van der Waals surface area contributed by atoms with Crippen molar-refractivity contribution in [2.24, 2.45) is 0 Å². The minimum absolute atomic E-state index is 0.176. The Labute approximate surface area is 127 Å². The predicted octanol–water partition coefficient (Wildman–Crippen LogP) is 3.56. The van der Waals surface area contributed by atoms with Crippen molar-refractivity contribution in [1.82, 2.24) is 0 Å². The van der Waals surface area contributed by atoms with E-state index in [1.165, 1.54) is 24.3 Å². The first-order valence-corrected chi connectivity index (χ1v) is 6.61. The molecule has 6 nitrogen and oxygen atoms in total. The lowest BCUT2D eigenvalue weighted by Crippen LogP contribution is -2.02. The molecule has 6 heteroatoms. The van der Waals surface area contributed by atoms with Gasteiger partial charge in [0.1, 0.15) is 17.3 Å². The molecule has 0 spiro atoms. The zero-order valence-electron chi connectivity index (χ0n) is 12.2. The van der Waals surface area contributed by atoms with Crippen molar-refractivity contribution in [1.29, 1.82) is 0 Å². The molecule has 1 heterocycles. The molecule has 0 unspecified atom stereocenters. The van der Waals surface area contributed by atoms with Crippen molar-refractivity contribution in [3.05, 3.63) is 69.0 Å². The summed E-state index contributed by atoms with van der Waals surface area (Å²) < 4.78 is 10.0. The van der Waals surface area contributed by atoms with Crippen LogP contribution in [0.1, 0.15) is 22.5 Å². The molecule has 22 heavy (non-hydrogen) atoms. The van der Waals surface area contributed by atoms with Gasteiger partial charge in [0.15, 0.2) is 0 Å². The highest BCUT2D eigenvalue weighted by Crippen LogP contribution is 2.17. The zero-order chi connectivity index (χ0) is 16.1. The first-order chi connectivity index (χ1) is 10.5. The van der Waals surface area contributed by atoms with E-state index in [-0.39, 0.29) is 18.3 Å². The van der Waals surface area contributed by atoms with E-state index in [2.05, 4.69) is 0 Å². The monoisotopic (exact) mass is 301 g/mol. The Morgan fingerprint density at radius 3 is 2.77 bits per heavy atom. The van der Waals surface area contributed by atoms with Gasteiger partial charge in [0.2, 0.25) is 0 Å². The topological polar surface area (TPSA) is 82.6 Å². The predicted molar refractivity (Wildman–Crippen MR) is 80.1 cm³/mol. The number of hydrogen-bond donors (Lipinski definition) is 0. The van der Waals surface area contributed by atoms with E-state index < -0.39 is 10.9 Å². The fourth-order valence-corrected chi connectivity index (χ4v) is 1.83. The number of carbonyl (C=O) groups excluding carboxylic acids is 1. The number of benzene rings is 1. The Kier molecular flexibility index (Phi) is 4.73. The summed E-state index contributed by atoms with van der Waals surface area (Å²) in [5, 5.41) is 10.5. The maximum absolute atomic E-state index is 11.6. The lowest BCUT2D eigenvalue weighted by Gasteiger charge is -2.06. The van der Waals surface area contributed by atoms with Crippen LogP contribution in [0.25, 0.3) is 6.08 Å². The third kappa shape index (κ3) is 4.05. The van der Waals surface area contributed by atoms with Crippen LogP contribution in [-0.2, 0) is 16.1 Å². The molecule has 0 saturated carbocycles. The van der Waals surface area contributed by atoms with E-state index in [9.17, 15) is 14.9 Å². The average Bonchev–Trinajstić information content (AvgIpc) is 2.95. The lowest BCUT2D eigenvalue weighted by molar-refractivity contribution is -0.402. The molecular formula is C16H15NO5. The van der Waals surface area contributed by atoms with Crippen LogP contribution in [0.5, 0.6) is 0 Å². The fourth-order valence-electron chi connectivity index (χ4n) is 1.83. The fraction of sp³-hybridized carbons (Fsp3) is 0.188. The first kappa shape index (κ1) is 15.5. The molecule has 0 aliphatic heterocycles. The van der Waals surface area contributed by atoms with Gasteiger partial charge >= 0.3 is 11.9 Å². The van der Waals surface area contributed by atoms with Gasteiger partial charge in [0.25, 0.3) is 0 Å². The van der Waals surface area contributed by atoms with E-state index in [1.54, 1.807) is 0 Å². The summed E-state index contributed by atoms with van der Waals surface area (Å²) in [6, 6.07) is 8.55. The van der Waals surface area contributed by atoms with Crippen molar-refractivity contribution in [2.75, 3.05) is 0 Å². The smallest absolute Gasteiger partial charge is 0.433 e. The average molecular weight is 301 g/mol. The standard InChI is InChI=1S/C16H15NO5/c1-11-3-4-12(2)13(9-11)10-21-16(18)8-6-14-5-7-15(22-14)17(19)20/h3-9H,10H2,1-2H3/b8-6+. The number of aryl methyl sites for hydroxylation is 2. The second kappa shape index (κ2) is 6.71. The van der Waals surface area contributed by atoms with Crippen molar-refractivity contribution < 1.29 is 18.9 Å². The maximum Gasteiger partial charge on any atom is 0.433 e. The van der Waals surface area contributed by atoms with Gasteiger partial charge in [-0.25, -0.2) is 4.79 Å². The van der Waals surface area contributed by atoms with Crippen LogP contribution < -0.4 is 0 Å². The largest absolute Gasteiger partial charge is 0.458 e. The molecule has 0 atom stereocenters. The second-order valence-electron chi connectivity index (χ2n) is 4.80. The third-order valence-corrected chi connectivity index (χ3v) is 3.05. The van der Waals surface area contributed by atoms with E-state index in [0.29, 0.717) is 0 Å². The Balaban J connectivity index is 1.93. The molecule has 1 aromatic carbocycles. The van der Waals surface area contributed by atoms with Gasteiger partial charge in [-0.05, 0) is 37.1 Å². The van der Waals surface area contributed by atoms with Crippen molar-refractivity contribution in [3.8, 4) is 0 Å². The molecule has 0 aliphatic rings. The van der Waals surface area contributed by atoms with E-state index in [0.717, 1.165) is 16.7 Å². The summed E-state index contributed by atoms with van der Waals surface area (Å²) in [4.78, 5) is 21.5. The minimum atomic E-state index is -0.643. The van der Waals surface area contributed by atoms with E-state index in [4.69, 9.17) is 9.15 Å². The summed E-state index contributed by atoms with van der Waals surface area (Å²) >= 11 is 0. The molecule has 0 radical (unpaired) electrons. The van der Waals surface area contributed by atoms with E-state index >= 15 is 0 Å². The van der Waals surface area contributed by atoms with Crippen LogP contribution >= 0.6 is 0 Å². The third-order valence-electron chi connectivity index (χ3n) is 3.05. The SMILES string of the molecule is Cc1ccc(C)c(COC(=O)/C=C/c2ccc([N+](=O)[O-])o2)c1.